The van der Waals surface area contributed by atoms with Crippen LogP contribution in [0, 0.1) is 56.2 Å². The van der Waals surface area contributed by atoms with E-state index in [1.807, 2.05) is 37.3 Å². The zero-order chi connectivity index (χ0) is 21.3. The molecule has 1 N–H and O–H groups in total. The van der Waals surface area contributed by atoms with Crippen molar-refractivity contribution in [3.8, 4) is 18.2 Å². The third kappa shape index (κ3) is 2.65. The summed E-state index contributed by atoms with van der Waals surface area (Å²) < 4.78 is 12.3. The fourth-order valence-electron chi connectivity index (χ4n) is 5.15. The lowest BCUT2D eigenvalue weighted by Crippen LogP contribution is -2.62. The highest BCUT2D eigenvalue weighted by molar-refractivity contribution is 5.90. The van der Waals surface area contributed by atoms with E-state index in [9.17, 15) is 15.8 Å². The van der Waals surface area contributed by atoms with Gasteiger partial charge in [-0.15, -0.1) is 0 Å². The Morgan fingerprint density at radius 2 is 1.76 bits per heavy atom. The average Bonchev–Trinajstić information content (AvgIpc) is 2.92. The molecule has 2 saturated heterocycles. The molecule has 29 heavy (non-hydrogen) atoms. The van der Waals surface area contributed by atoms with Crippen LogP contribution in [-0.2, 0) is 9.47 Å². The molecule has 1 aromatic rings. The summed E-state index contributed by atoms with van der Waals surface area (Å²) in [6.07, 6.45) is 2.58. The highest BCUT2D eigenvalue weighted by Gasteiger charge is 2.80. The Morgan fingerprint density at radius 1 is 1.10 bits per heavy atom. The van der Waals surface area contributed by atoms with Crippen LogP contribution in [-0.4, -0.2) is 17.8 Å². The van der Waals surface area contributed by atoms with E-state index in [0.717, 1.165) is 19.3 Å². The second-order valence-corrected chi connectivity index (χ2v) is 8.09. The van der Waals surface area contributed by atoms with Crippen LogP contribution in [0.5, 0.6) is 0 Å². The quantitative estimate of drug-likeness (QED) is 0.759. The minimum absolute atomic E-state index is 0.0903. The van der Waals surface area contributed by atoms with Crippen LogP contribution < -0.4 is 0 Å². The Kier molecular flexibility index (Phi) is 5.40. The van der Waals surface area contributed by atoms with Gasteiger partial charge in [0.2, 0.25) is 11.7 Å². The van der Waals surface area contributed by atoms with Crippen molar-refractivity contribution in [1.29, 1.82) is 21.2 Å². The molecule has 1 aromatic carbocycles. The number of nitrogens with one attached hydrogen (secondary N) is 1. The van der Waals surface area contributed by atoms with E-state index in [-0.39, 0.29) is 11.8 Å². The minimum Gasteiger partial charge on any atom is -0.447 e. The molecule has 150 valence electrons. The van der Waals surface area contributed by atoms with Crippen LogP contribution in [0.4, 0.5) is 0 Å². The van der Waals surface area contributed by atoms with E-state index in [1.54, 1.807) is 6.92 Å². The van der Waals surface area contributed by atoms with Crippen molar-refractivity contribution >= 4 is 5.90 Å². The molecular formula is C23H26N4O2. The molecule has 3 rings (SSSR count). The standard InChI is InChI=1S/C23H26N4O2/c1-4-6-10-16(5-2)19-22(13-24,14-25)23(15-26)18(17-11-8-7-9-12-17)21(3,28-19)29-20(23)27/h7-9,11-12,16,18-19,27H,4-6,10H2,1-3H3. The fraction of sp³-hybridized carbons (Fsp3) is 0.565. The minimum atomic E-state index is -1.84. The maximum Gasteiger partial charge on any atom is 0.218 e. The first-order chi connectivity index (χ1) is 13.9. The maximum atomic E-state index is 10.4. The van der Waals surface area contributed by atoms with Crippen LogP contribution in [0.3, 0.4) is 0 Å². The summed E-state index contributed by atoms with van der Waals surface area (Å²) >= 11 is 0. The summed E-state index contributed by atoms with van der Waals surface area (Å²) in [5.74, 6) is -2.50. The third-order valence-corrected chi connectivity index (χ3v) is 6.57. The molecule has 6 nitrogen and oxygen atoms in total. The molecule has 2 fully saturated rings. The maximum absolute atomic E-state index is 10.4. The summed E-state index contributed by atoms with van der Waals surface area (Å²) in [4.78, 5) is 0. The van der Waals surface area contributed by atoms with E-state index >= 15 is 0 Å². The predicted octanol–water partition coefficient (Wildman–Crippen LogP) is 4.65. The van der Waals surface area contributed by atoms with E-state index < -0.39 is 28.6 Å². The second-order valence-electron chi connectivity index (χ2n) is 8.09. The number of fused-ring (bicyclic) bond motifs is 2. The molecule has 0 saturated carbocycles. The van der Waals surface area contributed by atoms with Gasteiger partial charge in [-0.1, -0.05) is 63.4 Å². The van der Waals surface area contributed by atoms with Gasteiger partial charge in [-0.2, -0.15) is 15.8 Å². The molecule has 0 amide bonds. The van der Waals surface area contributed by atoms with Gasteiger partial charge in [0.25, 0.3) is 0 Å². The van der Waals surface area contributed by atoms with Crippen molar-refractivity contribution in [1.82, 2.24) is 0 Å². The van der Waals surface area contributed by atoms with Gasteiger partial charge in [-0.3, -0.25) is 5.41 Å². The monoisotopic (exact) mass is 390 g/mol. The van der Waals surface area contributed by atoms with Crippen LogP contribution >= 0.6 is 0 Å². The molecule has 2 aliphatic heterocycles. The van der Waals surface area contributed by atoms with Crippen LogP contribution in [0.25, 0.3) is 0 Å². The van der Waals surface area contributed by atoms with Gasteiger partial charge in [0.05, 0.1) is 30.2 Å². The van der Waals surface area contributed by atoms with E-state index in [0.29, 0.717) is 12.0 Å². The molecule has 2 heterocycles. The molecule has 5 atom stereocenters. The first-order valence-electron chi connectivity index (χ1n) is 10.1. The third-order valence-electron chi connectivity index (χ3n) is 6.57. The molecule has 2 bridgehead atoms. The topological polar surface area (TPSA) is 114 Å². The zero-order valence-corrected chi connectivity index (χ0v) is 17.1. The highest BCUT2D eigenvalue weighted by Crippen LogP contribution is 2.67. The number of ether oxygens (including phenoxy) is 2. The van der Waals surface area contributed by atoms with Gasteiger partial charge in [-0.25, -0.2) is 0 Å². The van der Waals surface area contributed by atoms with Crippen molar-refractivity contribution in [2.75, 3.05) is 0 Å². The molecule has 0 aromatic heterocycles. The number of nitrogens with zero attached hydrogens (tertiary/aromatic N) is 3. The number of hydrogen-bond donors (Lipinski definition) is 1. The molecular weight excluding hydrogens is 364 g/mol. The summed E-state index contributed by atoms with van der Waals surface area (Å²) in [6.45, 7) is 5.81. The van der Waals surface area contributed by atoms with Gasteiger partial charge in [0.15, 0.2) is 10.8 Å². The Labute approximate surface area is 172 Å². The highest BCUT2D eigenvalue weighted by atomic mass is 16.7. The number of hydrogen-bond acceptors (Lipinski definition) is 6. The van der Waals surface area contributed by atoms with Gasteiger partial charge in [0, 0.05) is 6.92 Å². The average molecular weight is 390 g/mol. The Bertz CT molecular complexity index is 896. The van der Waals surface area contributed by atoms with Gasteiger partial charge in [0.1, 0.15) is 0 Å². The van der Waals surface area contributed by atoms with Crippen LogP contribution in [0.15, 0.2) is 30.3 Å². The summed E-state index contributed by atoms with van der Waals surface area (Å²) in [6, 6.07) is 15.7. The summed E-state index contributed by atoms with van der Waals surface area (Å²) in [5.41, 5.74) is -2.87. The Hall–Kier alpha value is -2.88. The van der Waals surface area contributed by atoms with Crippen molar-refractivity contribution in [2.24, 2.45) is 16.7 Å². The van der Waals surface area contributed by atoms with Gasteiger partial charge < -0.3 is 9.47 Å². The van der Waals surface area contributed by atoms with E-state index in [4.69, 9.17) is 14.9 Å². The molecule has 5 unspecified atom stereocenters. The molecule has 0 radical (unpaired) electrons. The van der Waals surface area contributed by atoms with E-state index in [2.05, 4.69) is 25.1 Å². The Balaban J connectivity index is 2.27. The lowest BCUT2D eigenvalue weighted by molar-refractivity contribution is -0.263. The molecule has 6 heteroatoms. The smallest absolute Gasteiger partial charge is 0.218 e. The number of rotatable bonds is 6. The molecule has 0 spiro atoms. The van der Waals surface area contributed by atoms with Crippen molar-refractivity contribution in [3.63, 3.8) is 0 Å². The normalized spacial score (nSPS) is 33.0. The summed E-state index contributed by atoms with van der Waals surface area (Å²) in [7, 11) is 0. The molecule has 2 aliphatic rings. The second kappa shape index (κ2) is 7.51. The van der Waals surface area contributed by atoms with Crippen LogP contribution in [0.2, 0.25) is 0 Å². The number of unbranched alkanes of at least 4 members (excludes halogenated alkanes) is 1. The fourth-order valence-corrected chi connectivity index (χ4v) is 5.15. The summed E-state index contributed by atoms with van der Waals surface area (Å²) in [5, 5.41) is 39.6. The number of nitriles is 3. The van der Waals surface area contributed by atoms with Crippen molar-refractivity contribution < 1.29 is 9.47 Å². The van der Waals surface area contributed by atoms with Gasteiger partial charge in [-0.05, 0) is 17.9 Å². The predicted molar refractivity (Wildman–Crippen MR) is 106 cm³/mol. The van der Waals surface area contributed by atoms with Crippen molar-refractivity contribution in [3.05, 3.63) is 35.9 Å². The molecule has 0 aliphatic carbocycles. The van der Waals surface area contributed by atoms with Crippen molar-refractivity contribution in [2.45, 2.75) is 64.3 Å². The van der Waals surface area contributed by atoms with Crippen LogP contribution in [0.1, 0.15) is 57.9 Å². The first kappa shape index (κ1) is 20.8. The largest absolute Gasteiger partial charge is 0.447 e. The zero-order valence-electron chi connectivity index (χ0n) is 17.1. The van der Waals surface area contributed by atoms with E-state index in [1.165, 1.54) is 0 Å². The lowest BCUT2D eigenvalue weighted by Gasteiger charge is -2.51. The number of benzene rings is 1. The Morgan fingerprint density at radius 3 is 2.28 bits per heavy atom. The van der Waals surface area contributed by atoms with Gasteiger partial charge >= 0.3 is 0 Å². The lowest BCUT2D eigenvalue weighted by atomic mass is 9.51. The SMILES string of the molecule is CCCCC(CC)C1OC2(C)OC(=N)C(C#N)(C2c2ccccc2)C1(C#N)C#N. The first-order valence-corrected chi connectivity index (χ1v) is 10.1.